The van der Waals surface area contributed by atoms with Crippen LogP contribution in [0.4, 0.5) is 5.69 Å². The first-order valence-corrected chi connectivity index (χ1v) is 5.24. The molecule has 1 aromatic rings. The molecule has 1 aliphatic heterocycles. The molecular formula is C9H14N4O4. The van der Waals surface area contributed by atoms with E-state index >= 15 is 0 Å². The number of rotatable bonds is 4. The molecule has 0 saturated carbocycles. The molecule has 8 heteroatoms. The fourth-order valence-electron chi connectivity index (χ4n) is 1.67. The lowest BCUT2D eigenvalue weighted by Crippen LogP contribution is -2.57. The molecule has 8 nitrogen and oxygen atoms in total. The summed E-state index contributed by atoms with van der Waals surface area (Å²) in [6, 6.07) is 0. The molecule has 2 heterocycles. The average Bonchev–Trinajstić information content (AvgIpc) is 2.51. The van der Waals surface area contributed by atoms with Crippen LogP contribution < -0.4 is 4.74 Å². The molecule has 2 rings (SSSR count). The van der Waals surface area contributed by atoms with E-state index in [1.807, 2.05) is 0 Å². The number of aromatic nitrogens is 2. The van der Waals surface area contributed by atoms with Gasteiger partial charge >= 0.3 is 11.6 Å². The zero-order valence-corrected chi connectivity index (χ0v) is 9.61. The maximum Gasteiger partial charge on any atom is 0.350 e. The molecule has 0 bridgehead atoms. The largest absolute Gasteiger partial charge is 0.466 e. The number of aliphatic hydroxyl groups excluding tert-OH is 1. The quantitative estimate of drug-likeness (QED) is 0.577. The molecule has 0 aromatic carbocycles. The summed E-state index contributed by atoms with van der Waals surface area (Å²) in [6.07, 6.45) is 0.632. The van der Waals surface area contributed by atoms with E-state index in [1.54, 1.807) is 18.9 Å². The van der Waals surface area contributed by atoms with Crippen LogP contribution in [-0.2, 0) is 7.05 Å². The van der Waals surface area contributed by atoms with Crippen LogP contribution in [0.25, 0.3) is 0 Å². The van der Waals surface area contributed by atoms with Crippen molar-refractivity contribution >= 4 is 5.69 Å². The zero-order chi connectivity index (χ0) is 12.6. The van der Waals surface area contributed by atoms with Crippen LogP contribution in [0.2, 0.25) is 0 Å². The Hall–Kier alpha value is -1.67. The number of nitro groups is 1. The maximum absolute atomic E-state index is 10.7. The average molecular weight is 242 g/mol. The van der Waals surface area contributed by atoms with E-state index < -0.39 is 11.2 Å². The summed E-state index contributed by atoms with van der Waals surface area (Å²) in [6.45, 7) is 2.76. The summed E-state index contributed by atoms with van der Waals surface area (Å²) in [4.78, 5) is 12.0. The highest BCUT2D eigenvalue weighted by Crippen LogP contribution is 2.27. The normalized spacial score (nSPS) is 18.8. The maximum atomic E-state index is 10.7. The Labute approximate surface area is 97.5 Å². The van der Waals surface area contributed by atoms with Crippen molar-refractivity contribution in [1.29, 1.82) is 0 Å². The third-order valence-electron chi connectivity index (χ3n) is 2.66. The van der Waals surface area contributed by atoms with Crippen molar-refractivity contribution < 1.29 is 14.8 Å². The summed E-state index contributed by atoms with van der Waals surface area (Å²) < 4.78 is 6.76. The van der Waals surface area contributed by atoms with Gasteiger partial charge in [-0.1, -0.05) is 0 Å². The number of aryl methyl sites for hydroxylation is 1. The van der Waals surface area contributed by atoms with Gasteiger partial charge in [-0.25, -0.2) is 0 Å². The number of likely N-dealkylation sites (tertiary alicyclic amines) is 1. The molecule has 1 unspecified atom stereocenters. The number of hydrogen-bond acceptors (Lipinski definition) is 6. The highest BCUT2D eigenvalue weighted by molar-refractivity contribution is 5.38. The van der Waals surface area contributed by atoms with E-state index in [0.29, 0.717) is 13.1 Å². The van der Waals surface area contributed by atoms with Gasteiger partial charge in [-0.3, -0.25) is 19.7 Å². The van der Waals surface area contributed by atoms with Gasteiger partial charge in [0.05, 0.1) is 4.92 Å². The predicted molar refractivity (Wildman–Crippen MR) is 57.5 cm³/mol. The number of aliphatic hydroxyl groups is 1. The fraction of sp³-hybridized carbons (Fsp3) is 0.667. The number of ether oxygens (including phenoxy) is 1. The minimum absolute atomic E-state index is 0.0349. The van der Waals surface area contributed by atoms with Gasteiger partial charge in [0.15, 0.2) is 0 Å². The van der Waals surface area contributed by atoms with Gasteiger partial charge in [-0.2, -0.15) is 0 Å². The Kier molecular flexibility index (Phi) is 2.99. The summed E-state index contributed by atoms with van der Waals surface area (Å²) in [5, 5.41) is 23.9. The van der Waals surface area contributed by atoms with Crippen molar-refractivity contribution in [2.24, 2.45) is 7.05 Å². The molecule has 1 aliphatic rings. The second kappa shape index (κ2) is 4.30. The highest BCUT2D eigenvalue weighted by atomic mass is 16.6. The second-order valence-corrected chi connectivity index (χ2v) is 4.08. The minimum atomic E-state index is -0.520. The molecule has 1 aromatic heterocycles. The molecule has 0 amide bonds. The minimum Gasteiger partial charge on any atom is -0.466 e. The molecule has 17 heavy (non-hydrogen) atoms. The summed E-state index contributed by atoms with van der Waals surface area (Å²) in [7, 11) is 1.60. The predicted octanol–water partition coefficient (Wildman–Crippen LogP) is -0.270. The van der Waals surface area contributed by atoms with E-state index in [1.165, 1.54) is 10.9 Å². The van der Waals surface area contributed by atoms with Crippen LogP contribution in [0.3, 0.4) is 0 Å². The topological polar surface area (TPSA) is 93.7 Å². The fourth-order valence-corrected chi connectivity index (χ4v) is 1.67. The molecule has 1 saturated heterocycles. The van der Waals surface area contributed by atoms with Crippen molar-refractivity contribution in [3.63, 3.8) is 0 Å². The monoisotopic (exact) mass is 242 g/mol. The molecule has 0 aliphatic carbocycles. The Morgan fingerprint density at radius 1 is 1.71 bits per heavy atom. The lowest BCUT2D eigenvalue weighted by molar-refractivity contribution is -0.386. The summed E-state index contributed by atoms with van der Waals surface area (Å²) in [5.41, 5.74) is -0.136. The molecule has 0 radical (unpaired) electrons. The zero-order valence-electron chi connectivity index (χ0n) is 9.61. The van der Waals surface area contributed by atoms with Gasteiger partial charge in [0.2, 0.25) is 0 Å². The first-order valence-electron chi connectivity index (χ1n) is 5.24. The number of nitrogens with zero attached hydrogens (tertiary/aromatic N) is 4. The molecule has 1 fully saturated rings. The van der Waals surface area contributed by atoms with Crippen LogP contribution in [0.5, 0.6) is 5.88 Å². The van der Waals surface area contributed by atoms with Gasteiger partial charge in [0.1, 0.15) is 18.5 Å². The van der Waals surface area contributed by atoms with Crippen molar-refractivity contribution in [3.8, 4) is 5.88 Å². The summed E-state index contributed by atoms with van der Waals surface area (Å²) >= 11 is 0. The first-order chi connectivity index (χ1) is 7.97. The van der Waals surface area contributed by atoms with E-state index in [-0.39, 0.29) is 17.7 Å². The van der Waals surface area contributed by atoms with Crippen molar-refractivity contribution in [3.05, 3.63) is 16.3 Å². The SMILES string of the molecule is CC(O)N1CC(Oc2nn(C)cc2[N+](=O)[O-])C1. The van der Waals surface area contributed by atoms with Crippen LogP contribution >= 0.6 is 0 Å². The van der Waals surface area contributed by atoms with Gasteiger partial charge in [-0.05, 0) is 6.92 Å². The molecule has 1 N–H and O–H groups in total. The highest BCUT2D eigenvalue weighted by Gasteiger charge is 2.33. The van der Waals surface area contributed by atoms with Gasteiger partial charge in [-0.15, -0.1) is 5.10 Å². The Bertz CT molecular complexity index is 425. The molecule has 1 atom stereocenters. The summed E-state index contributed by atoms with van der Waals surface area (Å²) in [5.74, 6) is 0.0349. The van der Waals surface area contributed by atoms with Crippen molar-refractivity contribution in [2.75, 3.05) is 13.1 Å². The van der Waals surface area contributed by atoms with Crippen LogP contribution in [0, 0.1) is 10.1 Å². The van der Waals surface area contributed by atoms with Crippen LogP contribution in [0.1, 0.15) is 6.92 Å². The lowest BCUT2D eigenvalue weighted by Gasteiger charge is -2.39. The number of hydrogen-bond donors (Lipinski definition) is 1. The van der Waals surface area contributed by atoms with E-state index in [2.05, 4.69) is 5.10 Å². The van der Waals surface area contributed by atoms with Crippen LogP contribution in [-0.4, -0.2) is 50.1 Å². The van der Waals surface area contributed by atoms with Crippen molar-refractivity contribution in [2.45, 2.75) is 19.3 Å². The van der Waals surface area contributed by atoms with Crippen molar-refractivity contribution in [1.82, 2.24) is 14.7 Å². The molecule has 0 spiro atoms. The second-order valence-electron chi connectivity index (χ2n) is 4.08. The third-order valence-corrected chi connectivity index (χ3v) is 2.66. The Balaban J connectivity index is 1.98. The van der Waals surface area contributed by atoms with Gasteiger partial charge < -0.3 is 9.84 Å². The van der Waals surface area contributed by atoms with Gasteiger partial charge in [0.25, 0.3) is 0 Å². The standard InChI is InChI=1S/C9H14N4O4/c1-6(14)12-3-7(4-12)17-9-8(13(15)16)5-11(2)10-9/h5-7,14H,3-4H2,1-2H3. The lowest BCUT2D eigenvalue weighted by atomic mass is 10.1. The molecular weight excluding hydrogens is 228 g/mol. The van der Waals surface area contributed by atoms with E-state index in [9.17, 15) is 15.2 Å². The van der Waals surface area contributed by atoms with Crippen LogP contribution in [0.15, 0.2) is 6.20 Å². The Morgan fingerprint density at radius 2 is 2.35 bits per heavy atom. The first kappa shape index (κ1) is 11.8. The van der Waals surface area contributed by atoms with Gasteiger partial charge in [0, 0.05) is 20.1 Å². The van der Waals surface area contributed by atoms with E-state index in [4.69, 9.17) is 4.74 Å². The smallest absolute Gasteiger partial charge is 0.350 e. The molecule has 94 valence electrons. The Morgan fingerprint density at radius 3 is 2.88 bits per heavy atom. The van der Waals surface area contributed by atoms with E-state index in [0.717, 1.165) is 0 Å². The third kappa shape index (κ3) is 2.37.